The van der Waals surface area contributed by atoms with Crippen molar-refractivity contribution in [1.82, 2.24) is 46.5 Å². The second-order valence-corrected chi connectivity index (χ2v) is 30.7. The lowest BCUT2D eigenvalue weighted by Gasteiger charge is -2.30. The topological polar surface area (TPSA) is 331 Å². The zero-order valence-corrected chi connectivity index (χ0v) is 60.2. The standard InChI is InChI=1S/C36H42ClN5O7S.C30H37ClN4O7S.C6H7NO/c1-35(2,3)48-33(46)38-27-15-11-6-4-5-8-12-22-20-36(22,32(45)41-49-24-13-9-7-10-14-24)40-30(43)28-19-25(21-42(28)31(27)44)47-34-39-26-17-16-23(37)18-29(26)50-34;1-29(2,3)42-27(40)32-21-10-8-6-4-5-7-9-17-15-30(17,26(38)39)34-24(36)22-14-19(16-35(22)25(21)37)41-28-33-20-12-11-18(31)13-23(20)43-28;7-8-6-4-2-1-3-5-6/h7-10,12-14,16-18,22,25,27-28H,4-6,11,15,19-21H2,1-3H3,(H,38,46)(H,40,43)(H,41,45);7,9,11-13,17,19,21-22H,4-6,8,10,14-16H2,1-3H3,(H,32,40)(H,34,36)(H,38,39);1-5H,7H2/b12-8-;9-7-;/t22-,25-,27+,28+,36-;17-,19-,21+,22+,30-;/m11./s1. The molecule has 0 unspecified atom stereocenters. The smallest absolute Gasteiger partial charge is 0.408 e. The van der Waals surface area contributed by atoms with E-state index in [-0.39, 0.29) is 44.2 Å². The van der Waals surface area contributed by atoms with Crippen molar-refractivity contribution < 1.29 is 72.1 Å². The first-order valence-electron chi connectivity index (χ1n) is 33.9. The highest BCUT2D eigenvalue weighted by molar-refractivity contribution is 7.20. The number of alkyl carbamates (subject to hydrolysis) is 2. The van der Waals surface area contributed by atoms with Gasteiger partial charge in [0.1, 0.15) is 64.4 Å². The Morgan fingerprint density at radius 3 is 1.48 bits per heavy atom. The van der Waals surface area contributed by atoms with Crippen LogP contribution in [0.2, 0.25) is 10.0 Å². The van der Waals surface area contributed by atoms with Gasteiger partial charge in [-0.25, -0.2) is 24.4 Å². The molecule has 101 heavy (non-hydrogen) atoms. The monoisotopic (exact) mass is 1460 g/mol. The molecule has 8 N–H and O–H groups in total. The number of nitrogens with two attached hydrogens (primary N) is 1. The first-order valence-corrected chi connectivity index (χ1v) is 36.3. The molecule has 29 heteroatoms. The average molecular weight is 1470 g/mol. The quantitative estimate of drug-likeness (QED) is 0.0468. The lowest BCUT2D eigenvalue weighted by Crippen LogP contribution is -2.58. The predicted molar refractivity (Wildman–Crippen MR) is 381 cm³/mol. The van der Waals surface area contributed by atoms with Crippen molar-refractivity contribution in [2.24, 2.45) is 17.7 Å². The van der Waals surface area contributed by atoms with E-state index in [1.807, 2.05) is 48.6 Å². The van der Waals surface area contributed by atoms with E-state index in [1.54, 1.807) is 114 Å². The first kappa shape index (κ1) is 74.9. The SMILES string of the molecule is CC(C)(C)OC(=O)N[C@H]1CCCCC/C=C\[C@@H]2C[C@@]2(C(=O)NOc2ccccc2)NC(=O)[C@@H]2C[C@@H](Oc3nc4ccc(Cl)cc4s3)CN2C1=O.CC(C)(C)OC(=O)N[C@H]1CCCCC/C=C\[C@@H]2C[C@@]2(C(=O)O)NC(=O)[C@@H]2C[C@@H](Oc3nc4ccc(Cl)cc4s3)CN2C1=O.NOc1ccccc1. The molecular weight excluding hydrogens is 1380 g/mol. The van der Waals surface area contributed by atoms with Crippen molar-refractivity contribution in [2.75, 3.05) is 13.1 Å². The minimum Gasteiger partial charge on any atom is -0.479 e. The molecule has 0 spiro atoms. The van der Waals surface area contributed by atoms with Crippen LogP contribution in [-0.4, -0.2) is 144 Å². The second-order valence-electron chi connectivity index (χ2n) is 27.8. The number of hydrogen-bond acceptors (Lipinski definition) is 19. The molecule has 12 rings (SSSR count). The number of hydrogen-bond donors (Lipinski definition) is 7. The van der Waals surface area contributed by atoms with E-state index in [0.29, 0.717) is 69.6 Å². The molecule has 0 radical (unpaired) electrons. The maximum absolute atomic E-state index is 14.3. The summed E-state index contributed by atoms with van der Waals surface area (Å²) in [5.41, 5.74) is -0.263. The number of amides is 7. The Bertz CT molecular complexity index is 4020. The number of hydroxylamine groups is 1. The fraction of sp³-hybridized carbons (Fsp3) is 0.472. The van der Waals surface area contributed by atoms with Crippen LogP contribution in [0.4, 0.5) is 9.59 Å². The largest absolute Gasteiger partial charge is 0.479 e. The number of halogens is 2. The van der Waals surface area contributed by atoms with Gasteiger partial charge in [0, 0.05) is 34.7 Å². The number of fused-ring (bicyclic) bond motifs is 6. The van der Waals surface area contributed by atoms with Crippen molar-refractivity contribution in [3.8, 4) is 21.9 Å². The number of nitrogens with one attached hydrogen (secondary N) is 5. The molecule has 25 nitrogen and oxygen atoms in total. The molecule has 2 saturated heterocycles. The van der Waals surface area contributed by atoms with Crippen LogP contribution < -0.4 is 51.8 Å². The zero-order chi connectivity index (χ0) is 72.2. The zero-order valence-electron chi connectivity index (χ0n) is 57.1. The summed E-state index contributed by atoms with van der Waals surface area (Å²) in [6, 6.07) is 24.8. The van der Waals surface area contributed by atoms with E-state index in [4.69, 9.17) is 52.9 Å². The average Bonchev–Trinajstić information content (AvgIpc) is 1.75. The fourth-order valence-corrected chi connectivity index (χ4v) is 14.9. The highest BCUT2D eigenvalue weighted by Crippen LogP contribution is 2.47. The Balaban J connectivity index is 0.000000197. The maximum atomic E-state index is 14.3. The molecule has 2 aliphatic carbocycles. The Kier molecular flexibility index (Phi) is 24.4. The number of carboxylic acids is 1. The molecule has 4 aliphatic heterocycles. The van der Waals surface area contributed by atoms with Gasteiger partial charge in [-0.05, 0) is 154 Å². The van der Waals surface area contributed by atoms with Crippen LogP contribution in [0.15, 0.2) is 121 Å². The van der Waals surface area contributed by atoms with Crippen LogP contribution in [-0.2, 0) is 38.2 Å². The summed E-state index contributed by atoms with van der Waals surface area (Å²) in [5.74, 6) is 1.85. The Hall–Kier alpha value is -8.76. The van der Waals surface area contributed by atoms with Crippen LogP contribution in [0.5, 0.6) is 21.9 Å². The number of para-hydroxylation sites is 2. The van der Waals surface area contributed by atoms with E-state index in [0.717, 1.165) is 53.4 Å². The number of carboxylic acid groups (broad SMARTS) is 1. The molecule has 4 fully saturated rings. The summed E-state index contributed by atoms with van der Waals surface area (Å²) >= 11 is 14.9. The third kappa shape index (κ3) is 20.1. The number of ether oxygens (including phenoxy) is 4. The lowest BCUT2D eigenvalue weighted by molar-refractivity contribution is -0.145. The fourth-order valence-electron chi connectivity index (χ4n) is 12.5. The molecular formula is C72H86Cl2N10O15S2. The van der Waals surface area contributed by atoms with E-state index in [2.05, 4.69) is 41.6 Å². The van der Waals surface area contributed by atoms with Gasteiger partial charge in [0.2, 0.25) is 23.6 Å². The Morgan fingerprint density at radius 2 is 1.04 bits per heavy atom. The molecule has 540 valence electrons. The number of nitrogens with zero attached hydrogens (tertiary/aromatic N) is 4. The predicted octanol–water partition coefficient (Wildman–Crippen LogP) is 11.3. The van der Waals surface area contributed by atoms with Crippen LogP contribution in [0.3, 0.4) is 0 Å². The maximum Gasteiger partial charge on any atom is 0.408 e. The highest BCUT2D eigenvalue weighted by Gasteiger charge is 2.63. The van der Waals surface area contributed by atoms with Crippen LogP contribution in [0.1, 0.15) is 131 Å². The normalized spacial score (nSPS) is 26.1. The van der Waals surface area contributed by atoms with Gasteiger partial charge in [0.25, 0.3) is 16.3 Å². The molecule has 2 saturated carbocycles. The first-order chi connectivity index (χ1) is 48.2. The van der Waals surface area contributed by atoms with Gasteiger partial charge in [-0.3, -0.25) is 24.0 Å². The minimum absolute atomic E-state index is 0.0590. The van der Waals surface area contributed by atoms with Crippen molar-refractivity contribution in [3.05, 3.63) is 131 Å². The van der Waals surface area contributed by atoms with Crippen LogP contribution in [0, 0.1) is 11.8 Å². The van der Waals surface area contributed by atoms with Gasteiger partial charge >= 0.3 is 18.2 Å². The highest BCUT2D eigenvalue weighted by atomic mass is 35.5. The number of aliphatic carboxylic acids is 1. The molecule has 4 aromatic carbocycles. The molecule has 6 aromatic rings. The number of carbonyl (C=O) groups is 8. The third-order valence-corrected chi connectivity index (χ3v) is 20.0. The summed E-state index contributed by atoms with van der Waals surface area (Å²) in [7, 11) is 0. The van der Waals surface area contributed by atoms with Crippen molar-refractivity contribution in [1.29, 1.82) is 0 Å². The van der Waals surface area contributed by atoms with Gasteiger partial charge in [-0.2, -0.15) is 11.4 Å². The molecule has 6 aliphatic rings. The number of carbonyl (C=O) groups excluding carboxylic acids is 7. The Morgan fingerprint density at radius 1 is 0.604 bits per heavy atom. The van der Waals surface area contributed by atoms with E-state index < -0.39 is 106 Å². The number of rotatable bonds is 11. The van der Waals surface area contributed by atoms with Gasteiger partial charge < -0.3 is 64.8 Å². The van der Waals surface area contributed by atoms with Gasteiger partial charge in [0.05, 0.1) is 33.5 Å². The molecule has 6 heterocycles. The van der Waals surface area contributed by atoms with E-state index in [1.165, 1.54) is 32.5 Å². The number of aromatic nitrogens is 2. The second kappa shape index (κ2) is 32.9. The van der Waals surface area contributed by atoms with Crippen LogP contribution >= 0.6 is 45.9 Å². The summed E-state index contributed by atoms with van der Waals surface area (Å²) in [6.45, 7) is 10.6. The molecule has 0 bridgehead atoms. The van der Waals surface area contributed by atoms with E-state index >= 15 is 0 Å². The lowest BCUT2D eigenvalue weighted by atomic mass is 10.0. The van der Waals surface area contributed by atoms with Crippen molar-refractivity contribution in [2.45, 2.75) is 190 Å². The summed E-state index contributed by atoms with van der Waals surface area (Å²) in [6.07, 6.45) is 13.1. The molecule has 10 atom stereocenters. The summed E-state index contributed by atoms with van der Waals surface area (Å²) < 4.78 is 25.1. The van der Waals surface area contributed by atoms with Crippen molar-refractivity contribution in [3.63, 3.8) is 0 Å². The van der Waals surface area contributed by atoms with Gasteiger partial charge in [-0.1, -0.05) is 132 Å². The summed E-state index contributed by atoms with van der Waals surface area (Å²) in [5, 5.41) is 23.2. The number of thiazole rings is 2. The summed E-state index contributed by atoms with van der Waals surface area (Å²) in [4.78, 5) is 130. The number of allylic oxidation sites excluding steroid dienone is 2. The van der Waals surface area contributed by atoms with Gasteiger partial charge in [-0.15, -0.1) is 0 Å². The van der Waals surface area contributed by atoms with Crippen molar-refractivity contribution >= 4 is 114 Å². The van der Waals surface area contributed by atoms with Gasteiger partial charge in [0.15, 0.2) is 5.75 Å². The van der Waals surface area contributed by atoms with Crippen LogP contribution in [0.25, 0.3) is 20.4 Å². The Labute approximate surface area is 603 Å². The molecule has 2 aromatic heterocycles. The number of benzene rings is 4. The third-order valence-electron chi connectivity index (χ3n) is 17.7. The minimum atomic E-state index is -1.41. The van der Waals surface area contributed by atoms with E-state index in [9.17, 15) is 43.5 Å². The molecule has 7 amide bonds.